The summed E-state index contributed by atoms with van der Waals surface area (Å²) in [7, 11) is 0. The van der Waals surface area contributed by atoms with E-state index in [9.17, 15) is 0 Å². The van der Waals surface area contributed by atoms with Crippen molar-refractivity contribution in [1.29, 1.82) is 0 Å². The lowest BCUT2D eigenvalue weighted by atomic mass is 9.87. The zero-order valence-electron chi connectivity index (χ0n) is 12.9. The van der Waals surface area contributed by atoms with Crippen LogP contribution in [0.1, 0.15) is 45.6 Å². The number of aryl methyl sites for hydroxylation is 1. The van der Waals surface area contributed by atoms with Crippen LogP contribution in [0.5, 0.6) is 0 Å². The molecule has 0 saturated carbocycles. The molecule has 1 N–H and O–H groups in total. The molecule has 0 aliphatic carbocycles. The number of hydrogen-bond acceptors (Lipinski definition) is 2. The molecule has 1 unspecified atom stereocenters. The number of piperazine rings is 1. The maximum absolute atomic E-state index is 3.81. The second-order valence-electron chi connectivity index (χ2n) is 5.84. The van der Waals surface area contributed by atoms with Gasteiger partial charge in [0.15, 0.2) is 0 Å². The molecule has 0 amide bonds. The van der Waals surface area contributed by atoms with Gasteiger partial charge in [0.05, 0.1) is 0 Å². The van der Waals surface area contributed by atoms with E-state index in [1.165, 1.54) is 30.5 Å². The molecule has 106 valence electrons. The zero-order chi connectivity index (χ0) is 13.9. The van der Waals surface area contributed by atoms with Crippen LogP contribution in [-0.2, 0) is 0 Å². The Bertz CT molecular complexity index is 409. The van der Waals surface area contributed by atoms with Crippen molar-refractivity contribution in [1.82, 2.24) is 5.32 Å². The van der Waals surface area contributed by atoms with Gasteiger partial charge in [-0.1, -0.05) is 39.0 Å². The molecule has 0 spiro atoms. The van der Waals surface area contributed by atoms with Crippen LogP contribution in [-0.4, -0.2) is 24.7 Å². The SMILES string of the molecule is CCC1CNC(CC)(CC)CN1c1ccccc1C. The molecule has 2 rings (SSSR count). The number of para-hydroxylation sites is 1. The van der Waals surface area contributed by atoms with Crippen molar-refractivity contribution >= 4 is 5.69 Å². The molecule has 2 nitrogen and oxygen atoms in total. The minimum atomic E-state index is 0.286. The molecule has 1 aromatic rings. The highest BCUT2D eigenvalue weighted by Gasteiger charge is 2.36. The molecule has 0 aromatic heterocycles. The Labute approximate surface area is 118 Å². The van der Waals surface area contributed by atoms with E-state index in [4.69, 9.17) is 0 Å². The molecular formula is C17H28N2. The van der Waals surface area contributed by atoms with E-state index in [1.807, 2.05) is 0 Å². The van der Waals surface area contributed by atoms with E-state index in [-0.39, 0.29) is 5.54 Å². The Kier molecular flexibility index (Phi) is 4.51. The number of anilines is 1. The maximum atomic E-state index is 3.81. The third kappa shape index (κ3) is 2.79. The summed E-state index contributed by atoms with van der Waals surface area (Å²) in [6.45, 7) is 11.4. The first kappa shape index (κ1) is 14.4. The van der Waals surface area contributed by atoms with E-state index in [1.54, 1.807) is 0 Å². The standard InChI is InChI=1S/C17H28N2/c1-5-15-12-18-17(6-2,7-3)13-19(15)16-11-9-8-10-14(16)4/h8-11,15,18H,5-7,12-13H2,1-4H3. The number of nitrogens with one attached hydrogen (secondary N) is 1. The minimum Gasteiger partial charge on any atom is -0.365 e. The van der Waals surface area contributed by atoms with Crippen molar-refractivity contribution in [2.24, 2.45) is 0 Å². The first-order chi connectivity index (χ1) is 9.15. The lowest BCUT2D eigenvalue weighted by molar-refractivity contribution is 0.246. The Morgan fingerprint density at radius 1 is 1.21 bits per heavy atom. The van der Waals surface area contributed by atoms with Crippen LogP contribution in [0.3, 0.4) is 0 Å². The Morgan fingerprint density at radius 2 is 1.89 bits per heavy atom. The van der Waals surface area contributed by atoms with Crippen molar-refractivity contribution in [3.05, 3.63) is 29.8 Å². The maximum Gasteiger partial charge on any atom is 0.0413 e. The van der Waals surface area contributed by atoms with Gasteiger partial charge in [-0.2, -0.15) is 0 Å². The van der Waals surface area contributed by atoms with E-state index in [2.05, 4.69) is 62.2 Å². The fourth-order valence-corrected chi connectivity index (χ4v) is 3.21. The van der Waals surface area contributed by atoms with Gasteiger partial charge in [-0.25, -0.2) is 0 Å². The van der Waals surface area contributed by atoms with E-state index in [0.717, 1.165) is 13.1 Å². The molecule has 1 aromatic carbocycles. The molecule has 2 heteroatoms. The average molecular weight is 260 g/mol. The summed E-state index contributed by atoms with van der Waals surface area (Å²) >= 11 is 0. The first-order valence-electron chi connectivity index (χ1n) is 7.73. The van der Waals surface area contributed by atoms with Gasteiger partial charge in [-0.05, 0) is 37.8 Å². The molecule has 1 aliphatic rings. The fraction of sp³-hybridized carbons (Fsp3) is 0.647. The summed E-state index contributed by atoms with van der Waals surface area (Å²) in [4.78, 5) is 2.64. The number of benzene rings is 1. The molecule has 1 heterocycles. The molecular weight excluding hydrogens is 232 g/mol. The van der Waals surface area contributed by atoms with Crippen LogP contribution in [0.25, 0.3) is 0 Å². The van der Waals surface area contributed by atoms with Crippen LogP contribution in [0.4, 0.5) is 5.69 Å². The Hall–Kier alpha value is -1.02. The summed E-state index contributed by atoms with van der Waals surface area (Å²) in [5.41, 5.74) is 3.10. The first-order valence-corrected chi connectivity index (χ1v) is 7.73. The lowest BCUT2D eigenvalue weighted by Crippen LogP contribution is -2.64. The van der Waals surface area contributed by atoms with Gasteiger partial charge in [0.25, 0.3) is 0 Å². The van der Waals surface area contributed by atoms with Crippen molar-refractivity contribution in [2.45, 2.75) is 58.5 Å². The highest BCUT2D eigenvalue weighted by Crippen LogP contribution is 2.30. The van der Waals surface area contributed by atoms with Crippen molar-refractivity contribution in [3.8, 4) is 0 Å². The highest BCUT2D eigenvalue weighted by atomic mass is 15.3. The summed E-state index contributed by atoms with van der Waals surface area (Å²) in [6.07, 6.45) is 3.59. The third-order valence-electron chi connectivity index (χ3n) is 4.88. The van der Waals surface area contributed by atoms with Crippen LogP contribution >= 0.6 is 0 Å². The molecule has 1 atom stereocenters. The van der Waals surface area contributed by atoms with Gasteiger partial charge >= 0.3 is 0 Å². The number of rotatable bonds is 4. The number of nitrogens with zero attached hydrogens (tertiary/aromatic N) is 1. The lowest BCUT2D eigenvalue weighted by Gasteiger charge is -2.49. The number of hydrogen-bond donors (Lipinski definition) is 1. The fourth-order valence-electron chi connectivity index (χ4n) is 3.21. The van der Waals surface area contributed by atoms with Crippen molar-refractivity contribution < 1.29 is 0 Å². The topological polar surface area (TPSA) is 15.3 Å². The quantitative estimate of drug-likeness (QED) is 0.887. The minimum absolute atomic E-state index is 0.286. The monoisotopic (exact) mass is 260 g/mol. The van der Waals surface area contributed by atoms with Crippen LogP contribution in [0.15, 0.2) is 24.3 Å². The molecule has 1 fully saturated rings. The summed E-state index contributed by atoms with van der Waals surface area (Å²) in [5, 5.41) is 3.81. The van der Waals surface area contributed by atoms with Gasteiger partial charge in [-0.3, -0.25) is 0 Å². The zero-order valence-corrected chi connectivity index (χ0v) is 12.9. The highest BCUT2D eigenvalue weighted by molar-refractivity contribution is 5.54. The Balaban J connectivity index is 2.31. The molecule has 0 radical (unpaired) electrons. The average Bonchev–Trinajstić information content (AvgIpc) is 2.47. The van der Waals surface area contributed by atoms with Gasteiger partial charge in [-0.15, -0.1) is 0 Å². The van der Waals surface area contributed by atoms with Crippen molar-refractivity contribution in [3.63, 3.8) is 0 Å². The van der Waals surface area contributed by atoms with Crippen LogP contribution in [0, 0.1) is 6.92 Å². The van der Waals surface area contributed by atoms with Gasteiger partial charge < -0.3 is 10.2 Å². The summed E-state index contributed by atoms with van der Waals surface area (Å²) in [5.74, 6) is 0. The normalized spacial score (nSPS) is 22.5. The van der Waals surface area contributed by atoms with E-state index in [0.29, 0.717) is 6.04 Å². The second-order valence-corrected chi connectivity index (χ2v) is 5.84. The van der Waals surface area contributed by atoms with Gasteiger partial charge in [0.1, 0.15) is 0 Å². The van der Waals surface area contributed by atoms with E-state index >= 15 is 0 Å². The molecule has 1 aliphatic heterocycles. The van der Waals surface area contributed by atoms with Gasteiger partial charge in [0, 0.05) is 30.4 Å². The third-order valence-corrected chi connectivity index (χ3v) is 4.88. The molecule has 19 heavy (non-hydrogen) atoms. The predicted molar refractivity (Wildman–Crippen MR) is 83.9 cm³/mol. The Morgan fingerprint density at radius 3 is 2.47 bits per heavy atom. The molecule has 0 bridgehead atoms. The smallest absolute Gasteiger partial charge is 0.0413 e. The van der Waals surface area contributed by atoms with E-state index < -0.39 is 0 Å². The van der Waals surface area contributed by atoms with Crippen molar-refractivity contribution in [2.75, 3.05) is 18.0 Å². The largest absolute Gasteiger partial charge is 0.365 e. The summed E-state index contributed by atoms with van der Waals surface area (Å²) < 4.78 is 0. The van der Waals surface area contributed by atoms with Crippen LogP contribution in [0.2, 0.25) is 0 Å². The second kappa shape index (κ2) is 5.96. The van der Waals surface area contributed by atoms with Crippen LogP contribution < -0.4 is 10.2 Å². The summed E-state index contributed by atoms with van der Waals surface area (Å²) in [6, 6.07) is 9.42. The molecule has 1 saturated heterocycles. The van der Waals surface area contributed by atoms with Gasteiger partial charge in [0.2, 0.25) is 0 Å². The predicted octanol–water partition coefficient (Wildman–Crippen LogP) is 3.74.